The zero-order valence-corrected chi connectivity index (χ0v) is 11.3. The molecule has 1 unspecified atom stereocenters. The molecule has 0 spiro atoms. The Morgan fingerprint density at radius 1 is 1.59 bits per heavy atom. The number of nitro groups is 1. The highest BCUT2D eigenvalue weighted by Crippen LogP contribution is 2.32. The summed E-state index contributed by atoms with van der Waals surface area (Å²) in [6.07, 6.45) is 2.39. The summed E-state index contributed by atoms with van der Waals surface area (Å²) in [6, 6.07) is 5.65. The van der Waals surface area contributed by atoms with Crippen LogP contribution in [0.3, 0.4) is 0 Å². The number of nitrogens with zero attached hydrogens (tertiary/aromatic N) is 2. The van der Waals surface area contributed by atoms with Crippen molar-refractivity contribution >= 4 is 27.3 Å². The molecule has 4 nitrogen and oxygen atoms in total. The molecule has 0 bridgehead atoms. The van der Waals surface area contributed by atoms with Crippen molar-refractivity contribution < 1.29 is 4.92 Å². The number of rotatable bonds is 3. The van der Waals surface area contributed by atoms with Gasteiger partial charge in [0.1, 0.15) is 0 Å². The summed E-state index contributed by atoms with van der Waals surface area (Å²) in [4.78, 5) is 12.7. The summed E-state index contributed by atoms with van der Waals surface area (Å²) < 4.78 is 0. The zero-order valence-electron chi connectivity index (χ0n) is 9.73. The van der Waals surface area contributed by atoms with Gasteiger partial charge in [0, 0.05) is 35.7 Å². The summed E-state index contributed by atoms with van der Waals surface area (Å²) in [7, 11) is 0. The first-order valence-corrected chi connectivity index (χ1v) is 6.85. The third-order valence-electron chi connectivity index (χ3n) is 3.28. The van der Waals surface area contributed by atoms with E-state index in [-0.39, 0.29) is 10.6 Å². The molecule has 1 heterocycles. The van der Waals surface area contributed by atoms with Gasteiger partial charge in [-0.25, -0.2) is 0 Å². The van der Waals surface area contributed by atoms with Crippen molar-refractivity contribution in [2.75, 3.05) is 11.4 Å². The molecule has 0 aliphatic carbocycles. The molecule has 1 fully saturated rings. The molecule has 5 heteroatoms. The number of anilines is 1. The highest BCUT2D eigenvalue weighted by Gasteiger charge is 2.23. The number of nitro benzene ring substituents is 1. The van der Waals surface area contributed by atoms with Gasteiger partial charge in [-0.2, -0.15) is 0 Å². The molecule has 17 heavy (non-hydrogen) atoms. The molecule has 1 aromatic carbocycles. The van der Waals surface area contributed by atoms with Crippen LogP contribution in [0.5, 0.6) is 0 Å². The van der Waals surface area contributed by atoms with Crippen LogP contribution in [0.15, 0.2) is 18.2 Å². The first kappa shape index (κ1) is 12.4. The highest BCUT2D eigenvalue weighted by atomic mass is 79.9. The molecule has 0 saturated carbocycles. The van der Waals surface area contributed by atoms with E-state index in [1.54, 1.807) is 12.1 Å². The van der Waals surface area contributed by atoms with Crippen LogP contribution in [0.4, 0.5) is 11.4 Å². The molecule has 0 radical (unpaired) electrons. The fraction of sp³-hybridized carbons (Fsp3) is 0.500. The van der Waals surface area contributed by atoms with Gasteiger partial charge in [-0.3, -0.25) is 10.1 Å². The van der Waals surface area contributed by atoms with E-state index in [4.69, 9.17) is 0 Å². The lowest BCUT2D eigenvalue weighted by Crippen LogP contribution is -2.27. The smallest absolute Gasteiger partial charge is 0.269 e. The Morgan fingerprint density at radius 2 is 2.35 bits per heavy atom. The lowest BCUT2D eigenvalue weighted by atomic mass is 10.1. The Hall–Kier alpha value is -1.10. The number of alkyl halides is 1. The van der Waals surface area contributed by atoms with E-state index in [0.717, 1.165) is 17.8 Å². The quantitative estimate of drug-likeness (QED) is 0.487. The van der Waals surface area contributed by atoms with Crippen LogP contribution < -0.4 is 4.90 Å². The summed E-state index contributed by atoms with van der Waals surface area (Å²) in [5.74, 6) is 0. The van der Waals surface area contributed by atoms with E-state index in [0.29, 0.717) is 11.4 Å². The van der Waals surface area contributed by atoms with Gasteiger partial charge in [-0.05, 0) is 31.4 Å². The minimum absolute atomic E-state index is 0.162. The highest BCUT2D eigenvalue weighted by molar-refractivity contribution is 9.08. The molecular weight excluding hydrogens is 284 g/mol. The van der Waals surface area contributed by atoms with Gasteiger partial charge in [0.15, 0.2) is 0 Å². The molecule has 1 aliphatic heterocycles. The summed E-state index contributed by atoms with van der Waals surface area (Å²) in [6.45, 7) is 3.24. The van der Waals surface area contributed by atoms with Gasteiger partial charge in [0.25, 0.3) is 5.69 Å². The van der Waals surface area contributed by atoms with Gasteiger partial charge in [-0.15, -0.1) is 0 Å². The van der Waals surface area contributed by atoms with Crippen molar-refractivity contribution in [1.29, 1.82) is 0 Å². The SMILES string of the molecule is CC1CCCN1c1ccc([N+](=O)[O-])cc1CBr. The normalized spacial score (nSPS) is 19.6. The Balaban J connectivity index is 2.37. The minimum atomic E-state index is -0.344. The van der Waals surface area contributed by atoms with Crippen molar-refractivity contribution in [3.8, 4) is 0 Å². The van der Waals surface area contributed by atoms with Gasteiger partial charge in [0.05, 0.1) is 4.92 Å². The van der Waals surface area contributed by atoms with Crippen molar-refractivity contribution in [2.24, 2.45) is 0 Å². The van der Waals surface area contributed by atoms with E-state index >= 15 is 0 Å². The predicted octanol–water partition coefficient (Wildman–Crippen LogP) is 3.48. The predicted molar refractivity (Wildman–Crippen MR) is 71.8 cm³/mol. The van der Waals surface area contributed by atoms with Crippen LogP contribution in [0.25, 0.3) is 0 Å². The number of hydrogen-bond acceptors (Lipinski definition) is 3. The van der Waals surface area contributed by atoms with Crippen molar-refractivity contribution in [2.45, 2.75) is 31.1 Å². The Kier molecular flexibility index (Phi) is 3.66. The second kappa shape index (κ2) is 5.04. The van der Waals surface area contributed by atoms with E-state index in [1.165, 1.54) is 12.8 Å². The molecule has 1 aromatic rings. The Bertz CT molecular complexity index is 437. The number of hydrogen-bond donors (Lipinski definition) is 0. The molecule has 0 aromatic heterocycles. The summed E-state index contributed by atoms with van der Waals surface area (Å²) in [5.41, 5.74) is 2.28. The zero-order chi connectivity index (χ0) is 12.4. The minimum Gasteiger partial charge on any atom is -0.369 e. The van der Waals surface area contributed by atoms with Crippen LogP contribution in [0.1, 0.15) is 25.3 Å². The topological polar surface area (TPSA) is 46.4 Å². The van der Waals surface area contributed by atoms with Gasteiger partial charge < -0.3 is 4.90 Å². The fourth-order valence-electron chi connectivity index (χ4n) is 2.36. The molecule has 1 aliphatic rings. The molecule has 92 valence electrons. The van der Waals surface area contributed by atoms with Gasteiger partial charge >= 0.3 is 0 Å². The second-order valence-electron chi connectivity index (χ2n) is 4.39. The van der Waals surface area contributed by atoms with Crippen LogP contribution in [0.2, 0.25) is 0 Å². The maximum Gasteiger partial charge on any atom is 0.269 e. The van der Waals surface area contributed by atoms with E-state index in [9.17, 15) is 10.1 Å². The Labute approximate surface area is 109 Å². The Morgan fingerprint density at radius 3 is 2.88 bits per heavy atom. The third kappa shape index (κ3) is 2.44. The summed E-state index contributed by atoms with van der Waals surface area (Å²) >= 11 is 3.41. The van der Waals surface area contributed by atoms with Crippen molar-refractivity contribution in [3.63, 3.8) is 0 Å². The van der Waals surface area contributed by atoms with Crippen LogP contribution in [0, 0.1) is 10.1 Å². The average molecular weight is 299 g/mol. The standard InChI is InChI=1S/C12H15BrN2O2/c1-9-3-2-6-14(9)12-5-4-11(15(16)17)7-10(12)8-13/h4-5,7,9H,2-3,6,8H2,1H3. The molecule has 1 atom stereocenters. The summed E-state index contributed by atoms with van der Waals surface area (Å²) in [5, 5.41) is 11.4. The van der Waals surface area contributed by atoms with E-state index < -0.39 is 0 Å². The lowest BCUT2D eigenvalue weighted by Gasteiger charge is -2.25. The first-order chi connectivity index (χ1) is 8.13. The maximum absolute atomic E-state index is 10.7. The maximum atomic E-state index is 10.7. The fourth-order valence-corrected chi connectivity index (χ4v) is 2.81. The van der Waals surface area contributed by atoms with Crippen LogP contribution in [-0.2, 0) is 5.33 Å². The third-order valence-corrected chi connectivity index (χ3v) is 3.88. The van der Waals surface area contributed by atoms with Gasteiger partial charge in [-0.1, -0.05) is 15.9 Å². The van der Waals surface area contributed by atoms with E-state index in [1.807, 2.05) is 6.07 Å². The molecular formula is C12H15BrN2O2. The number of benzene rings is 1. The van der Waals surface area contributed by atoms with Crippen molar-refractivity contribution in [1.82, 2.24) is 0 Å². The van der Waals surface area contributed by atoms with E-state index in [2.05, 4.69) is 27.8 Å². The molecule has 0 amide bonds. The van der Waals surface area contributed by atoms with Crippen LogP contribution in [-0.4, -0.2) is 17.5 Å². The first-order valence-electron chi connectivity index (χ1n) is 5.73. The molecule has 2 rings (SSSR count). The largest absolute Gasteiger partial charge is 0.369 e. The number of halogens is 1. The van der Waals surface area contributed by atoms with Crippen molar-refractivity contribution in [3.05, 3.63) is 33.9 Å². The molecule has 0 N–H and O–H groups in total. The average Bonchev–Trinajstić information content (AvgIpc) is 2.74. The number of non-ortho nitro benzene ring substituents is 1. The second-order valence-corrected chi connectivity index (χ2v) is 4.95. The lowest BCUT2D eigenvalue weighted by molar-refractivity contribution is -0.384. The van der Waals surface area contributed by atoms with Crippen LogP contribution >= 0.6 is 15.9 Å². The molecule has 1 saturated heterocycles. The van der Waals surface area contributed by atoms with Gasteiger partial charge in [0.2, 0.25) is 0 Å². The monoisotopic (exact) mass is 298 g/mol.